The Bertz CT molecular complexity index is 388. The van der Waals surface area contributed by atoms with Gasteiger partial charge in [0, 0.05) is 0 Å². The molecule has 0 saturated carbocycles. The van der Waals surface area contributed by atoms with Crippen molar-refractivity contribution in [3.8, 4) is 0 Å². The number of hydrogen-bond acceptors (Lipinski definition) is 6. The number of rotatable bonds is 6. The third-order valence-corrected chi connectivity index (χ3v) is 10.4. The molecule has 0 aromatic carbocycles. The van der Waals surface area contributed by atoms with Crippen LogP contribution in [-0.2, 0) is 21.8 Å². The molecule has 0 N–H and O–H groups in total. The van der Waals surface area contributed by atoms with E-state index in [9.17, 15) is 13.0 Å². The van der Waals surface area contributed by atoms with E-state index in [1.807, 2.05) is 58.9 Å². The van der Waals surface area contributed by atoms with Gasteiger partial charge in [0.2, 0.25) is 0 Å². The molecule has 14 heteroatoms. The van der Waals surface area contributed by atoms with Gasteiger partial charge >= 0.3 is 34.7 Å². The summed E-state index contributed by atoms with van der Waals surface area (Å²) < 4.78 is 58.2. The van der Waals surface area contributed by atoms with Crippen LogP contribution in [0.3, 0.4) is 0 Å². The molecule has 136 valence electrons. The minimum Gasteiger partial charge on any atom is -0.749 e. The minimum absolute atomic E-state index is 0. The molecule has 0 aliphatic heterocycles. The SMILES string of the molecule is C[Si](C)(C)OP(=O)(O[Si](C)(C)C)O[Si](C)(C)C.O=P([O-])(F)F.[Li+]. The normalized spacial score (nSPS) is 13.7. The summed E-state index contributed by atoms with van der Waals surface area (Å²) in [4.78, 5) is 8.33. The van der Waals surface area contributed by atoms with Crippen molar-refractivity contribution >= 4 is 40.8 Å². The fourth-order valence-electron chi connectivity index (χ4n) is 1.06. The Morgan fingerprint density at radius 3 is 0.913 bits per heavy atom. The Morgan fingerprint density at radius 2 is 0.826 bits per heavy atom. The molecule has 6 nitrogen and oxygen atoms in total. The van der Waals surface area contributed by atoms with Crippen LogP contribution in [0.4, 0.5) is 8.39 Å². The molecule has 23 heavy (non-hydrogen) atoms. The van der Waals surface area contributed by atoms with Crippen LogP contribution < -0.4 is 23.8 Å². The molecule has 0 spiro atoms. The Morgan fingerprint density at radius 1 is 0.696 bits per heavy atom. The Kier molecular flexibility index (Phi) is 12.6. The topological polar surface area (TPSA) is 84.9 Å². The van der Waals surface area contributed by atoms with Crippen molar-refractivity contribution in [1.29, 1.82) is 0 Å². The van der Waals surface area contributed by atoms with Crippen LogP contribution in [0.2, 0.25) is 58.9 Å². The van der Waals surface area contributed by atoms with Crippen molar-refractivity contribution in [3.63, 3.8) is 0 Å². The van der Waals surface area contributed by atoms with Crippen molar-refractivity contribution in [2.75, 3.05) is 0 Å². The van der Waals surface area contributed by atoms with Gasteiger partial charge < -0.3 is 17.5 Å². The quantitative estimate of drug-likeness (QED) is 0.481. The first-order chi connectivity index (χ1) is 9.12. The second kappa shape index (κ2) is 9.93. The number of halogens is 2. The van der Waals surface area contributed by atoms with Gasteiger partial charge in [0.25, 0.3) is 0 Å². The molecule has 0 fully saturated rings. The fourth-order valence-corrected chi connectivity index (χ4v) is 10.6. The van der Waals surface area contributed by atoms with E-state index in [4.69, 9.17) is 22.1 Å². The smallest absolute Gasteiger partial charge is 0.749 e. The van der Waals surface area contributed by atoms with E-state index >= 15 is 0 Å². The number of phosphoric acid groups is 1. The van der Waals surface area contributed by atoms with Crippen LogP contribution in [0.1, 0.15) is 0 Å². The van der Waals surface area contributed by atoms with E-state index < -0.39 is 40.8 Å². The van der Waals surface area contributed by atoms with Gasteiger partial charge in [0.15, 0.2) is 25.0 Å². The molecule has 0 radical (unpaired) electrons. The number of hydrogen-bond donors (Lipinski definition) is 0. The average molecular weight is 422 g/mol. The monoisotopic (exact) mass is 422 g/mol. The third kappa shape index (κ3) is 28.5. The van der Waals surface area contributed by atoms with E-state index in [1.54, 1.807) is 0 Å². The van der Waals surface area contributed by atoms with Crippen molar-refractivity contribution in [1.82, 2.24) is 0 Å². The minimum atomic E-state index is -5.89. The van der Waals surface area contributed by atoms with E-state index in [1.165, 1.54) is 0 Å². The summed E-state index contributed by atoms with van der Waals surface area (Å²) in [5, 5.41) is 0. The zero-order valence-corrected chi connectivity index (χ0v) is 20.4. The van der Waals surface area contributed by atoms with Gasteiger partial charge in [0.1, 0.15) is 0 Å². The molecule has 0 aromatic rings. The summed E-state index contributed by atoms with van der Waals surface area (Å²) in [6.07, 6.45) is 0. The molecule has 0 aliphatic rings. The molecule has 0 amide bonds. The predicted octanol–water partition coefficient (Wildman–Crippen LogP) is 2.05. The van der Waals surface area contributed by atoms with Crippen LogP contribution >= 0.6 is 15.8 Å². The maximum Gasteiger partial charge on any atom is 1.00 e. The molecule has 0 aliphatic carbocycles. The summed E-state index contributed by atoms with van der Waals surface area (Å²) in [7, 11) is -15.2. The summed E-state index contributed by atoms with van der Waals surface area (Å²) in [5.74, 6) is 0. The largest absolute Gasteiger partial charge is 1.00 e. The van der Waals surface area contributed by atoms with Crippen LogP contribution in [0.25, 0.3) is 0 Å². The summed E-state index contributed by atoms with van der Waals surface area (Å²) >= 11 is 0. The molecule has 0 unspecified atom stereocenters. The standard InChI is InChI=1S/C9H27O4PSi3.F2HO2P.Li/c1-15(2,3)11-14(10,12-16(4,5)6)13-17(7,8)9;1-5(2,3)4;/h1-9H3;(H,3,4);/q;;+1/p-1. The third-order valence-electron chi connectivity index (χ3n) is 1.16. The fraction of sp³-hybridized carbons (Fsp3) is 1.00. The maximum atomic E-state index is 12.7. The van der Waals surface area contributed by atoms with Crippen molar-refractivity contribution < 1.29 is 53.9 Å². The maximum absolute atomic E-state index is 12.7. The molecular weight excluding hydrogens is 395 g/mol. The van der Waals surface area contributed by atoms with Gasteiger partial charge in [-0.1, -0.05) is 0 Å². The van der Waals surface area contributed by atoms with Crippen molar-refractivity contribution in [2.45, 2.75) is 58.9 Å². The summed E-state index contributed by atoms with van der Waals surface area (Å²) in [5.41, 5.74) is 0. The van der Waals surface area contributed by atoms with E-state index in [2.05, 4.69) is 0 Å². The van der Waals surface area contributed by atoms with Crippen molar-refractivity contribution in [2.24, 2.45) is 0 Å². The molecular formula is C9H27F2LiO6P2Si3. The Hall–Kier alpha value is 1.41. The van der Waals surface area contributed by atoms with E-state index in [0.29, 0.717) is 0 Å². The molecule has 0 aromatic heterocycles. The first-order valence-corrected chi connectivity index (χ1v) is 19.6. The average Bonchev–Trinajstić information content (AvgIpc) is 1.82. The molecule has 0 bridgehead atoms. The van der Waals surface area contributed by atoms with Crippen LogP contribution in [0.15, 0.2) is 0 Å². The molecule has 0 heterocycles. The second-order valence-corrected chi connectivity index (χ2v) is 24.1. The summed E-state index contributed by atoms with van der Waals surface area (Å²) in [6, 6.07) is 0. The van der Waals surface area contributed by atoms with Gasteiger partial charge in [-0.2, -0.15) is 8.39 Å². The van der Waals surface area contributed by atoms with Crippen LogP contribution in [0, 0.1) is 0 Å². The zero-order chi connectivity index (χ0) is 18.6. The second-order valence-electron chi connectivity index (χ2n) is 7.47. The van der Waals surface area contributed by atoms with Gasteiger partial charge in [-0.25, -0.2) is 4.57 Å². The van der Waals surface area contributed by atoms with Gasteiger partial charge in [-0.15, -0.1) is 0 Å². The predicted molar refractivity (Wildman–Crippen MR) is 90.7 cm³/mol. The zero-order valence-electron chi connectivity index (χ0n) is 15.6. The Balaban J connectivity index is -0.000000578. The van der Waals surface area contributed by atoms with Gasteiger partial charge in [-0.05, 0) is 58.9 Å². The molecule has 0 rings (SSSR count). The molecule has 0 atom stereocenters. The van der Waals surface area contributed by atoms with E-state index in [-0.39, 0.29) is 18.9 Å². The van der Waals surface area contributed by atoms with Crippen LogP contribution in [-0.4, -0.2) is 25.0 Å². The van der Waals surface area contributed by atoms with Crippen LogP contribution in [0.5, 0.6) is 0 Å². The first kappa shape index (κ1) is 29.2. The Labute approximate surface area is 153 Å². The van der Waals surface area contributed by atoms with Gasteiger partial charge in [-0.3, -0.25) is 4.57 Å². The first-order valence-electron chi connectivity index (χ1n) is 6.55. The summed E-state index contributed by atoms with van der Waals surface area (Å²) in [6.45, 7) is 17.9. The van der Waals surface area contributed by atoms with Crippen molar-refractivity contribution in [3.05, 3.63) is 0 Å². The van der Waals surface area contributed by atoms with E-state index in [0.717, 1.165) is 0 Å². The molecule has 0 saturated heterocycles. The van der Waals surface area contributed by atoms with Gasteiger partial charge in [0.05, 0.1) is 0 Å².